The van der Waals surface area contributed by atoms with Gasteiger partial charge in [0.25, 0.3) is 5.56 Å². The third-order valence-corrected chi connectivity index (χ3v) is 3.14. The second-order valence-corrected chi connectivity index (χ2v) is 4.89. The lowest BCUT2D eigenvalue weighted by Gasteiger charge is -2.06. The Morgan fingerprint density at radius 3 is 2.55 bits per heavy atom. The fraction of sp³-hybridized carbons (Fsp3) is 0.214. The molecular weight excluding hydrogens is 280 g/mol. The van der Waals surface area contributed by atoms with Gasteiger partial charge < -0.3 is 10.1 Å². The van der Waals surface area contributed by atoms with Crippen LogP contribution in [0.2, 0.25) is 5.02 Å². The number of halogens is 1. The van der Waals surface area contributed by atoms with Crippen LogP contribution in [-0.4, -0.2) is 21.0 Å². The molecule has 0 bridgehead atoms. The van der Waals surface area contributed by atoms with Gasteiger partial charge in [-0.05, 0) is 24.6 Å². The number of nitrogens with one attached hydrogen (secondary N) is 1. The standard InChI is InChI=1S/C14H13ClN2O3/c1-8-11(7-13(18)19)14(20)17-12(16-8)6-9-2-4-10(15)5-3-9/h2-5H,6-7H2,1H3,(H,18,19)(H,16,17,20). The molecule has 1 heterocycles. The van der Waals surface area contributed by atoms with Crippen molar-refractivity contribution >= 4 is 17.6 Å². The number of hydrogen-bond donors (Lipinski definition) is 2. The van der Waals surface area contributed by atoms with E-state index >= 15 is 0 Å². The molecule has 0 amide bonds. The summed E-state index contributed by atoms with van der Waals surface area (Å²) in [7, 11) is 0. The molecule has 1 aromatic carbocycles. The number of aromatic amines is 1. The number of aliphatic carboxylic acids is 1. The van der Waals surface area contributed by atoms with Crippen LogP contribution in [0.4, 0.5) is 0 Å². The van der Waals surface area contributed by atoms with Crippen LogP contribution < -0.4 is 5.56 Å². The van der Waals surface area contributed by atoms with Crippen LogP contribution in [0.3, 0.4) is 0 Å². The molecule has 5 nitrogen and oxygen atoms in total. The maximum atomic E-state index is 11.9. The second kappa shape index (κ2) is 5.88. The van der Waals surface area contributed by atoms with Crippen molar-refractivity contribution < 1.29 is 9.90 Å². The van der Waals surface area contributed by atoms with Gasteiger partial charge in [-0.15, -0.1) is 0 Å². The first-order chi connectivity index (χ1) is 9.45. The van der Waals surface area contributed by atoms with Gasteiger partial charge in [0.15, 0.2) is 0 Å². The zero-order chi connectivity index (χ0) is 14.7. The van der Waals surface area contributed by atoms with Crippen molar-refractivity contribution in [2.45, 2.75) is 19.8 Å². The van der Waals surface area contributed by atoms with Crippen molar-refractivity contribution in [3.05, 3.63) is 62.3 Å². The number of carboxylic acids is 1. The highest BCUT2D eigenvalue weighted by molar-refractivity contribution is 6.30. The van der Waals surface area contributed by atoms with Crippen LogP contribution >= 0.6 is 11.6 Å². The minimum Gasteiger partial charge on any atom is -0.481 e. The Morgan fingerprint density at radius 1 is 1.35 bits per heavy atom. The Hall–Kier alpha value is -2.14. The smallest absolute Gasteiger partial charge is 0.308 e. The minimum absolute atomic E-state index is 0.192. The number of H-pyrrole nitrogens is 1. The van der Waals surface area contributed by atoms with Crippen LogP contribution in [0.25, 0.3) is 0 Å². The molecule has 0 aliphatic carbocycles. The lowest BCUT2D eigenvalue weighted by Crippen LogP contribution is -2.21. The van der Waals surface area contributed by atoms with Crippen molar-refractivity contribution in [2.24, 2.45) is 0 Å². The van der Waals surface area contributed by atoms with Crippen LogP contribution in [0.15, 0.2) is 29.1 Å². The lowest BCUT2D eigenvalue weighted by atomic mass is 10.1. The third kappa shape index (κ3) is 3.45. The third-order valence-electron chi connectivity index (χ3n) is 2.88. The highest BCUT2D eigenvalue weighted by Gasteiger charge is 2.11. The fourth-order valence-electron chi connectivity index (χ4n) is 1.91. The van der Waals surface area contributed by atoms with Gasteiger partial charge in [-0.3, -0.25) is 9.59 Å². The fourth-order valence-corrected chi connectivity index (χ4v) is 2.03. The molecule has 0 saturated heterocycles. The molecule has 0 radical (unpaired) electrons. The second-order valence-electron chi connectivity index (χ2n) is 4.45. The molecule has 20 heavy (non-hydrogen) atoms. The molecule has 0 unspecified atom stereocenters. The Morgan fingerprint density at radius 2 is 2.00 bits per heavy atom. The van der Waals surface area contributed by atoms with Crippen LogP contribution in [0, 0.1) is 6.92 Å². The Bertz CT molecular complexity index is 693. The zero-order valence-corrected chi connectivity index (χ0v) is 11.6. The highest BCUT2D eigenvalue weighted by atomic mass is 35.5. The number of carboxylic acid groups (broad SMARTS) is 1. The molecule has 0 aliphatic heterocycles. The monoisotopic (exact) mass is 292 g/mol. The van der Waals surface area contributed by atoms with E-state index in [4.69, 9.17) is 16.7 Å². The van der Waals surface area contributed by atoms with Crippen molar-refractivity contribution in [2.75, 3.05) is 0 Å². The molecule has 0 fully saturated rings. The summed E-state index contributed by atoms with van der Waals surface area (Å²) in [6, 6.07) is 7.23. The van der Waals surface area contributed by atoms with Crippen molar-refractivity contribution in [1.29, 1.82) is 0 Å². The van der Waals surface area contributed by atoms with E-state index in [1.165, 1.54) is 0 Å². The topological polar surface area (TPSA) is 83.0 Å². The van der Waals surface area contributed by atoms with Gasteiger partial charge in [0.05, 0.1) is 6.42 Å². The molecule has 2 N–H and O–H groups in total. The first kappa shape index (κ1) is 14.3. The summed E-state index contributed by atoms with van der Waals surface area (Å²) in [6.45, 7) is 1.64. The van der Waals surface area contributed by atoms with Crippen LogP contribution in [-0.2, 0) is 17.6 Å². The van der Waals surface area contributed by atoms with Gasteiger partial charge in [0.1, 0.15) is 5.82 Å². The SMILES string of the molecule is Cc1nc(Cc2ccc(Cl)cc2)[nH]c(=O)c1CC(=O)O. The molecule has 0 aliphatic rings. The van der Waals surface area contributed by atoms with E-state index in [-0.39, 0.29) is 12.0 Å². The minimum atomic E-state index is -1.05. The lowest BCUT2D eigenvalue weighted by molar-refractivity contribution is -0.136. The molecule has 104 valence electrons. The van der Waals surface area contributed by atoms with E-state index in [1.54, 1.807) is 19.1 Å². The summed E-state index contributed by atoms with van der Waals surface area (Å²) >= 11 is 5.81. The number of rotatable bonds is 4. The number of carbonyl (C=O) groups is 1. The summed E-state index contributed by atoms with van der Waals surface area (Å²) in [5.74, 6) is -0.546. The largest absolute Gasteiger partial charge is 0.481 e. The zero-order valence-electron chi connectivity index (χ0n) is 10.8. The average molecular weight is 293 g/mol. The number of aromatic nitrogens is 2. The van der Waals surface area contributed by atoms with Gasteiger partial charge >= 0.3 is 5.97 Å². The Labute approximate surface area is 120 Å². The molecule has 1 aromatic heterocycles. The number of benzene rings is 1. The van der Waals surface area contributed by atoms with Gasteiger partial charge in [-0.25, -0.2) is 4.98 Å². The summed E-state index contributed by atoms with van der Waals surface area (Å²) in [4.78, 5) is 29.4. The highest BCUT2D eigenvalue weighted by Crippen LogP contribution is 2.12. The average Bonchev–Trinajstić information content (AvgIpc) is 2.36. The molecular formula is C14H13ClN2O3. The van der Waals surface area contributed by atoms with E-state index < -0.39 is 11.5 Å². The first-order valence-corrected chi connectivity index (χ1v) is 6.38. The summed E-state index contributed by atoms with van der Waals surface area (Å²) in [5, 5.41) is 9.40. The number of nitrogens with zero attached hydrogens (tertiary/aromatic N) is 1. The normalized spacial score (nSPS) is 10.5. The maximum absolute atomic E-state index is 11.9. The molecule has 0 atom stereocenters. The van der Waals surface area contributed by atoms with E-state index in [2.05, 4.69) is 9.97 Å². The first-order valence-electron chi connectivity index (χ1n) is 6.00. The van der Waals surface area contributed by atoms with Crippen LogP contribution in [0.5, 0.6) is 0 Å². The quantitative estimate of drug-likeness (QED) is 0.902. The molecule has 0 saturated carbocycles. The van der Waals surface area contributed by atoms with Crippen molar-refractivity contribution in [1.82, 2.24) is 9.97 Å². The van der Waals surface area contributed by atoms with Crippen molar-refractivity contribution in [3.8, 4) is 0 Å². The molecule has 0 spiro atoms. The molecule has 2 rings (SSSR count). The van der Waals surface area contributed by atoms with Crippen molar-refractivity contribution in [3.63, 3.8) is 0 Å². The van der Waals surface area contributed by atoms with Gasteiger partial charge in [-0.2, -0.15) is 0 Å². The summed E-state index contributed by atoms with van der Waals surface area (Å²) in [5.41, 5.74) is 1.20. The predicted octanol–water partition coefficient (Wildman–Crippen LogP) is 1.95. The van der Waals surface area contributed by atoms with Crippen LogP contribution in [0.1, 0.15) is 22.6 Å². The Kier molecular flexibility index (Phi) is 4.20. The number of aryl methyl sites for hydroxylation is 1. The van der Waals surface area contributed by atoms with Gasteiger partial charge in [0, 0.05) is 22.7 Å². The number of hydrogen-bond acceptors (Lipinski definition) is 3. The maximum Gasteiger partial charge on any atom is 0.308 e. The molecule has 2 aromatic rings. The van der Waals surface area contributed by atoms with Gasteiger partial charge in [0.2, 0.25) is 0 Å². The Balaban J connectivity index is 2.28. The van der Waals surface area contributed by atoms with E-state index in [9.17, 15) is 9.59 Å². The van der Waals surface area contributed by atoms with E-state index in [0.717, 1.165) is 5.56 Å². The van der Waals surface area contributed by atoms with E-state index in [1.807, 2.05) is 12.1 Å². The summed E-state index contributed by atoms with van der Waals surface area (Å²) in [6.07, 6.45) is 0.135. The molecule has 6 heteroatoms. The van der Waals surface area contributed by atoms with Gasteiger partial charge in [-0.1, -0.05) is 23.7 Å². The predicted molar refractivity (Wildman–Crippen MR) is 75.2 cm³/mol. The van der Waals surface area contributed by atoms with E-state index in [0.29, 0.717) is 23.0 Å². The summed E-state index contributed by atoms with van der Waals surface area (Å²) < 4.78 is 0.